The Morgan fingerprint density at radius 3 is 2.32 bits per heavy atom. The van der Waals surface area contributed by atoms with Crippen molar-refractivity contribution < 1.29 is 30.9 Å². The molecule has 0 aliphatic rings. The topological polar surface area (TPSA) is 76.5 Å². The number of pyridine rings is 1. The van der Waals surface area contributed by atoms with Crippen LogP contribution in [0.1, 0.15) is 18.2 Å². The molecule has 0 unspecified atom stereocenters. The molecule has 1 N–H and O–H groups in total. The van der Waals surface area contributed by atoms with E-state index in [1.807, 2.05) is 0 Å². The number of rotatable bonds is 4. The van der Waals surface area contributed by atoms with Gasteiger partial charge in [-0.1, -0.05) is 6.07 Å². The van der Waals surface area contributed by atoms with E-state index in [1.165, 1.54) is 6.92 Å². The molecule has 0 amide bonds. The predicted octanol–water partition coefficient (Wildman–Crippen LogP) is 1.28. The zero-order valence-corrected chi connectivity index (χ0v) is 10.9. The second-order valence-electron chi connectivity index (χ2n) is 4.17. The summed E-state index contributed by atoms with van der Waals surface area (Å²) in [6, 6.07) is 1.71. The van der Waals surface area contributed by atoms with Crippen molar-refractivity contribution in [2.75, 3.05) is 12.9 Å². The van der Waals surface area contributed by atoms with E-state index in [2.05, 4.69) is 9.17 Å². The zero-order valence-electron chi connectivity index (χ0n) is 10.1. The summed E-state index contributed by atoms with van der Waals surface area (Å²) >= 11 is 0. The van der Waals surface area contributed by atoms with Crippen LogP contribution in [0.3, 0.4) is 0 Å². The summed E-state index contributed by atoms with van der Waals surface area (Å²) in [4.78, 5) is 3.17. The fourth-order valence-corrected chi connectivity index (χ4v) is 1.63. The average Bonchev–Trinajstić information content (AvgIpc) is 2.25. The first-order valence-corrected chi connectivity index (χ1v) is 6.84. The van der Waals surface area contributed by atoms with Gasteiger partial charge in [-0.15, -0.1) is 0 Å². The molecule has 0 bridgehead atoms. The van der Waals surface area contributed by atoms with E-state index in [4.69, 9.17) is 0 Å². The van der Waals surface area contributed by atoms with E-state index in [9.17, 15) is 26.7 Å². The van der Waals surface area contributed by atoms with Crippen LogP contribution in [0.25, 0.3) is 0 Å². The summed E-state index contributed by atoms with van der Waals surface area (Å²) in [5.41, 5.74) is -2.85. The Morgan fingerprint density at radius 1 is 1.37 bits per heavy atom. The van der Waals surface area contributed by atoms with Gasteiger partial charge in [0.2, 0.25) is 0 Å². The number of alkyl halides is 3. The van der Waals surface area contributed by atoms with Gasteiger partial charge in [-0.2, -0.15) is 21.6 Å². The number of nitrogens with zero attached hydrogens (tertiary/aromatic N) is 1. The van der Waals surface area contributed by atoms with Crippen molar-refractivity contribution in [2.24, 2.45) is 0 Å². The highest BCUT2D eigenvalue weighted by Crippen LogP contribution is 2.29. The van der Waals surface area contributed by atoms with Crippen LogP contribution in [0, 0.1) is 0 Å². The minimum Gasteiger partial charge on any atom is -0.383 e. The molecule has 1 aromatic heterocycles. The molecular formula is C10H12F3NO4S. The second-order valence-corrected chi connectivity index (χ2v) is 5.81. The molecule has 0 saturated heterocycles. The molecule has 5 nitrogen and oxygen atoms in total. The Balaban J connectivity index is 2.90. The molecule has 0 aliphatic heterocycles. The summed E-state index contributed by atoms with van der Waals surface area (Å²) in [6.07, 6.45) is -2.95. The molecule has 9 heteroatoms. The van der Waals surface area contributed by atoms with E-state index in [-0.39, 0.29) is 5.56 Å². The van der Waals surface area contributed by atoms with Gasteiger partial charge in [-0.05, 0) is 13.0 Å². The summed E-state index contributed by atoms with van der Waals surface area (Å²) in [6.45, 7) is 0.599. The SMILES string of the molecule is C[C@@](O)(COS(C)(=O)=O)c1ccc(C(F)(F)F)nc1. The molecule has 0 saturated carbocycles. The van der Waals surface area contributed by atoms with E-state index in [0.29, 0.717) is 6.07 Å². The number of aromatic nitrogens is 1. The second kappa shape index (κ2) is 5.06. The van der Waals surface area contributed by atoms with Crippen molar-refractivity contribution in [3.8, 4) is 0 Å². The summed E-state index contributed by atoms with van der Waals surface area (Å²) < 4.78 is 62.9. The third-order valence-corrected chi connectivity index (χ3v) is 2.78. The lowest BCUT2D eigenvalue weighted by Gasteiger charge is -2.22. The number of hydrogen-bond donors (Lipinski definition) is 1. The molecule has 0 aliphatic carbocycles. The molecular weight excluding hydrogens is 287 g/mol. The lowest BCUT2D eigenvalue weighted by molar-refractivity contribution is -0.141. The minimum absolute atomic E-state index is 0.0177. The zero-order chi connectivity index (χ0) is 14.9. The summed E-state index contributed by atoms with van der Waals surface area (Å²) in [5.74, 6) is 0. The van der Waals surface area contributed by atoms with Crippen LogP contribution < -0.4 is 0 Å². The van der Waals surface area contributed by atoms with Crippen molar-refractivity contribution in [1.29, 1.82) is 0 Å². The monoisotopic (exact) mass is 299 g/mol. The Hall–Kier alpha value is -1.19. The Bertz CT molecular complexity index is 537. The standard InChI is InChI=1S/C10H12F3NO4S/c1-9(15,6-18-19(2,16)17)7-3-4-8(14-5-7)10(11,12)13/h3-5,15H,6H2,1-2H3/t9-/m1/s1. The molecule has 108 valence electrons. The van der Waals surface area contributed by atoms with Crippen molar-refractivity contribution in [1.82, 2.24) is 4.98 Å². The van der Waals surface area contributed by atoms with Gasteiger partial charge in [0.15, 0.2) is 0 Å². The molecule has 0 fully saturated rings. The van der Waals surface area contributed by atoms with E-state index in [1.54, 1.807) is 0 Å². The number of aliphatic hydroxyl groups is 1. The van der Waals surface area contributed by atoms with Crippen LogP contribution in [0.5, 0.6) is 0 Å². The van der Waals surface area contributed by atoms with Crippen LogP contribution in [-0.2, 0) is 26.1 Å². The highest BCUT2D eigenvalue weighted by molar-refractivity contribution is 7.85. The molecule has 0 radical (unpaired) electrons. The lowest BCUT2D eigenvalue weighted by atomic mass is 9.99. The Kier molecular flexibility index (Phi) is 4.23. The van der Waals surface area contributed by atoms with Crippen molar-refractivity contribution >= 4 is 10.1 Å². The molecule has 19 heavy (non-hydrogen) atoms. The number of hydrogen-bond acceptors (Lipinski definition) is 5. The van der Waals surface area contributed by atoms with Gasteiger partial charge in [0.1, 0.15) is 11.3 Å². The van der Waals surface area contributed by atoms with Crippen LogP contribution in [0.15, 0.2) is 18.3 Å². The van der Waals surface area contributed by atoms with E-state index >= 15 is 0 Å². The van der Waals surface area contributed by atoms with Gasteiger partial charge >= 0.3 is 6.18 Å². The highest BCUT2D eigenvalue weighted by atomic mass is 32.2. The molecule has 1 rings (SSSR count). The summed E-state index contributed by atoms with van der Waals surface area (Å²) in [7, 11) is -3.76. The smallest absolute Gasteiger partial charge is 0.383 e. The lowest BCUT2D eigenvalue weighted by Crippen LogP contribution is -2.29. The van der Waals surface area contributed by atoms with Gasteiger partial charge in [0.25, 0.3) is 10.1 Å². The van der Waals surface area contributed by atoms with E-state index < -0.39 is 34.2 Å². The molecule has 1 heterocycles. The van der Waals surface area contributed by atoms with Crippen molar-refractivity contribution in [2.45, 2.75) is 18.7 Å². The van der Waals surface area contributed by atoms with Gasteiger partial charge in [0.05, 0.1) is 12.9 Å². The quantitative estimate of drug-likeness (QED) is 0.848. The fraction of sp³-hybridized carbons (Fsp3) is 0.500. The van der Waals surface area contributed by atoms with Crippen LogP contribution >= 0.6 is 0 Å². The highest BCUT2D eigenvalue weighted by Gasteiger charge is 2.33. The normalized spacial score (nSPS) is 16.1. The number of halogens is 3. The average molecular weight is 299 g/mol. The van der Waals surface area contributed by atoms with Gasteiger partial charge in [0, 0.05) is 11.8 Å². The van der Waals surface area contributed by atoms with Gasteiger partial charge < -0.3 is 5.11 Å². The maximum atomic E-state index is 12.3. The van der Waals surface area contributed by atoms with E-state index in [0.717, 1.165) is 18.5 Å². The third-order valence-electron chi connectivity index (χ3n) is 2.23. The third kappa shape index (κ3) is 4.77. The maximum absolute atomic E-state index is 12.3. The fourth-order valence-electron chi connectivity index (χ4n) is 1.19. The molecule has 1 atom stereocenters. The van der Waals surface area contributed by atoms with Crippen molar-refractivity contribution in [3.63, 3.8) is 0 Å². The maximum Gasteiger partial charge on any atom is 0.433 e. The first-order chi connectivity index (χ1) is 8.42. The first-order valence-electron chi connectivity index (χ1n) is 5.02. The predicted molar refractivity (Wildman–Crippen MR) is 59.6 cm³/mol. The largest absolute Gasteiger partial charge is 0.433 e. The van der Waals surface area contributed by atoms with Gasteiger partial charge in [-0.3, -0.25) is 9.17 Å². The Morgan fingerprint density at radius 2 is 1.95 bits per heavy atom. The molecule has 0 spiro atoms. The van der Waals surface area contributed by atoms with Crippen molar-refractivity contribution in [3.05, 3.63) is 29.6 Å². The molecule has 0 aromatic carbocycles. The van der Waals surface area contributed by atoms with Crippen LogP contribution in [-0.4, -0.2) is 31.4 Å². The minimum atomic E-state index is -4.58. The van der Waals surface area contributed by atoms with Gasteiger partial charge in [-0.25, -0.2) is 0 Å². The van der Waals surface area contributed by atoms with Crippen LogP contribution in [0.2, 0.25) is 0 Å². The molecule has 1 aromatic rings. The Labute approximate surface area is 108 Å². The van der Waals surface area contributed by atoms with Crippen LogP contribution in [0.4, 0.5) is 13.2 Å². The summed E-state index contributed by atoms with van der Waals surface area (Å²) in [5, 5.41) is 9.93. The first kappa shape index (κ1) is 15.9.